The monoisotopic (exact) mass is 221 g/mol. The normalized spacial score (nSPS) is 29.0. The zero-order chi connectivity index (χ0) is 10.6. The lowest BCUT2D eigenvalue weighted by atomic mass is 9.86. The molecule has 4 N–H and O–H groups in total. The summed E-state index contributed by atoms with van der Waals surface area (Å²) >= 11 is 0. The second kappa shape index (κ2) is 5.06. The Labute approximate surface area is 85.6 Å². The lowest BCUT2D eigenvalue weighted by molar-refractivity contribution is 0.322. The Kier molecular flexibility index (Phi) is 4.31. The second-order valence-corrected chi connectivity index (χ2v) is 5.55. The van der Waals surface area contributed by atoms with E-state index in [1.807, 2.05) is 0 Å². The van der Waals surface area contributed by atoms with Crippen LogP contribution in [0.1, 0.15) is 25.7 Å². The molecular weight excluding hydrogens is 202 g/mol. The summed E-state index contributed by atoms with van der Waals surface area (Å²) in [6, 6.07) is 0.243. The Morgan fingerprint density at radius 1 is 1.43 bits per heavy atom. The standard InChI is InChI=1S/C8H19N3O2S/c1-10-14(12,13)11-6-7-3-2-4-8(9)5-7/h7-8,10-11H,2-6,9H2,1H3. The van der Waals surface area contributed by atoms with E-state index in [1.54, 1.807) is 0 Å². The maximum absolute atomic E-state index is 11.1. The Balaban J connectivity index is 2.31. The molecule has 84 valence electrons. The average molecular weight is 221 g/mol. The molecule has 1 fully saturated rings. The van der Waals surface area contributed by atoms with Gasteiger partial charge in [-0.05, 0) is 25.2 Å². The van der Waals surface area contributed by atoms with E-state index < -0.39 is 10.2 Å². The van der Waals surface area contributed by atoms with Crippen molar-refractivity contribution >= 4 is 10.2 Å². The average Bonchev–Trinajstić information content (AvgIpc) is 2.15. The Morgan fingerprint density at radius 2 is 2.14 bits per heavy atom. The molecule has 2 atom stereocenters. The Morgan fingerprint density at radius 3 is 2.71 bits per heavy atom. The third-order valence-electron chi connectivity index (χ3n) is 2.65. The third kappa shape index (κ3) is 3.91. The van der Waals surface area contributed by atoms with Crippen LogP contribution in [0.2, 0.25) is 0 Å². The van der Waals surface area contributed by atoms with Crippen molar-refractivity contribution in [3.05, 3.63) is 0 Å². The van der Waals surface area contributed by atoms with Crippen molar-refractivity contribution in [1.82, 2.24) is 9.44 Å². The van der Waals surface area contributed by atoms with Gasteiger partial charge in [-0.3, -0.25) is 0 Å². The highest BCUT2D eigenvalue weighted by molar-refractivity contribution is 7.87. The van der Waals surface area contributed by atoms with Gasteiger partial charge in [0.05, 0.1) is 0 Å². The largest absolute Gasteiger partial charge is 0.328 e. The van der Waals surface area contributed by atoms with Gasteiger partial charge in [0.25, 0.3) is 10.2 Å². The van der Waals surface area contributed by atoms with E-state index in [0.717, 1.165) is 25.7 Å². The van der Waals surface area contributed by atoms with E-state index in [-0.39, 0.29) is 6.04 Å². The van der Waals surface area contributed by atoms with Gasteiger partial charge >= 0.3 is 0 Å². The van der Waals surface area contributed by atoms with E-state index in [2.05, 4.69) is 9.44 Å². The molecular formula is C8H19N3O2S. The molecule has 1 aliphatic carbocycles. The molecule has 0 aliphatic heterocycles. The van der Waals surface area contributed by atoms with Crippen LogP contribution in [0.15, 0.2) is 0 Å². The molecule has 1 saturated carbocycles. The molecule has 6 heteroatoms. The zero-order valence-corrected chi connectivity index (χ0v) is 9.31. The van der Waals surface area contributed by atoms with Gasteiger partial charge in [-0.2, -0.15) is 8.42 Å². The number of nitrogens with two attached hydrogens (primary N) is 1. The highest BCUT2D eigenvalue weighted by atomic mass is 32.2. The van der Waals surface area contributed by atoms with Crippen molar-refractivity contribution < 1.29 is 8.42 Å². The fourth-order valence-electron chi connectivity index (χ4n) is 1.82. The van der Waals surface area contributed by atoms with Gasteiger partial charge in [0.15, 0.2) is 0 Å². The van der Waals surface area contributed by atoms with Crippen LogP contribution in [0.5, 0.6) is 0 Å². The predicted octanol–water partition coefficient (Wildman–Crippen LogP) is -0.442. The maximum atomic E-state index is 11.1. The van der Waals surface area contributed by atoms with E-state index in [1.165, 1.54) is 7.05 Å². The minimum atomic E-state index is -3.28. The molecule has 1 aliphatic rings. The van der Waals surface area contributed by atoms with Crippen LogP contribution >= 0.6 is 0 Å². The second-order valence-electron chi connectivity index (χ2n) is 3.85. The summed E-state index contributed by atoms with van der Waals surface area (Å²) in [4.78, 5) is 0. The maximum Gasteiger partial charge on any atom is 0.276 e. The summed E-state index contributed by atoms with van der Waals surface area (Å²) in [6.45, 7) is 0.497. The minimum absolute atomic E-state index is 0.243. The molecule has 0 bridgehead atoms. The first-order valence-corrected chi connectivity index (χ1v) is 6.45. The highest BCUT2D eigenvalue weighted by Crippen LogP contribution is 2.22. The van der Waals surface area contributed by atoms with Gasteiger partial charge in [-0.1, -0.05) is 6.42 Å². The van der Waals surface area contributed by atoms with Gasteiger partial charge in [-0.25, -0.2) is 9.44 Å². The lowest BCUT2D eigenvalue weighted by Crippen LogP contribution is -2.39. The molecule has 0 radical (unpaired) electrons. The van der Waals surface area contributed by atoms with Gasteiger partial charge < -0.3 is 5.73 Å². The van der Waals surface area contributed by atoms with Crippen molar-refractivity contribution in [1.29, 1.82) is 0 Å². The molecule has 2 unspecified atom stereocenters. The highest BCUT2D eigenvalue weighted by Gasteiger charge is 2.20. The molecule has 5 nitrogen and oxygen atoms in total. The Bertz CT molecular complexity index is 266. The Hall–Kier alpha value is -0.170. The molecule has 0 aromatic heterocycles. The molecule has 14 heavy (non-hydrogen) atoms. The first-order chi connectivity index (χ1) is 6.53. The van der Waals surface area contributed by atoms with Gasteiger partial charge in [0.1, 0.15) is 0 Å². The van der Waals surface area contributed by atoms with Gasteiger partial charge in [0, 0.05) is 19.6 Å². The van der Waals surface area contributed by atoms with E-state index in [4.69, 9.17) is 5.73 Å². The summed E-state index contributed by atoms with van der Waals surface area (Å²) < 4.78 is 26.9. The van der Waals surface area contributed by atoms with Crippen LogP contribution in [-0.2, 0) is 10.2 Å². The van der Waals surface area contributed by atoms with Crippen molar-refractivity contribution in [3.8, 4) is 0 Å². The molecule has 0 saturated heterocycles. The summed E-state index contributed by atoms with van der Waals surface area (Å²) in [5, 5.41) is 0. The molecule has 0 spiro atoms. The number of nitrogens with one attached hydrogen (secondary N) is 2. The van der Waals surface area contributed by atoms with E-state index in [0.29, 0.717) is 12.5 Å². The molecule has 0 amide bonds. The topological polar surface area (TPSA) is 84.2 Å². The first-order valence-electron chi connectivity index (χ1n) is 4.97. The van der Waals surface area contributed by atoms with Crippen LogP contribution < -0.4 is 15.2 Å². The van der Waals surface area contributed by atoms with Crippen molar-refractivity contribution in [2.75, 3.05) is 13.6 Å². The molecule has 0 aromatic rings. The SMILES string of the molecule is CNS(=O)(=O)NCC1CCCC(N)C1. The summed E-state index contributed by atoms with van der Waals surface area (Å²) in [6.07, 6.45) is 4.16. The molecule has 0 aromatic carbocycles. The lowest BCUT2D eigenvalue weighted by Gasteiger charge is -2.26. The van der Waals surface area contributed by atoms with Crippen molar-refractivity contribution in [2.24, 2.45) is 11.7 Å². The quantitative estimate of drug-likeness (QED) is 0.601. The molecule has 1 rings (SSSR count). The zero-order valence-electron chi connectivity index (χ0n) is 8.49. The van der Waals surface area contributed by atoms with Crippen LogP contribution in [0.25, 0.3) is 0 Å². The van der Waals surface area contributed by atoms with Crippen molar-refractivity contribution in [2.45, 2.75) is 31.7 Å². The fraction of sp³-hybridized carbons (Fsp3) is 1.00. The molecule has 0 heterocycles. The van der Waals surface area contributed by atoms with E-state index in [9.17, 15) is 8.42 Å². The summed E-state index contributed by atoms with van der Waals surface area (Å²) in [5.41, 5.74) is 5.80. The van der Waals surface area contributed by atoms with Crippen LogP contribution in [-0.4, -0.2) is 28.1 Å². The van der Waals surface area contributed by atoms with Crippen molar-refractivity contribution in [3.63, 3.8) is 0 Å². The number of rotatable bonds is 4. The predicted molar refractivity (Wildman–Crippen MR) is 55.9 cm³/mol. The van der Waals surface area contributed by atoms with Crippen LogP contribution in [0, 0.1) is 5.92 Å². The van der Waals surface area contributed by atoms with Gasteiger partial charge in [0.2, 0.25) is 0 Å². The number of hydrogen-bond donors (Lipinski definition) is 3. The first kappa shape index (κ1) is 11.9. The van der Waals surface area contributed by atoms with E-state index >= 15 is 0 Å². The van der Waals surface area contributed by atoms with Crippen LogP contribution in [0.4, 0.5) is 0 Å². The smallest absolute Gasteiger partial charge is 0.276 e. The van der Waals surface area contributed by atoms with Gasteiger partial charge in [-0.15, -0.1) is 0 Å². The summed E-state index contributed by atoms with van der Waals surface area (Å²) in [7, 11) is -1.88. The fourth-order valence-corrected chi connectivity index (χ4v) is 2.42. The third-order valence-corrected chi connectivity index (χ3v) is 3.74. The summed E-state index contributed by atoms with van der Waals surface area (Å²) in [5.74, 6) is 0.391. The number of hydrogen-bond acceptors (Lipinski definition) is 3. The van der Waals surface area contributed by atoms with Crippen LogP contribution in [0.3, 0.4) is 0 Å². The minimum Gasteiger partial charge on any atom is -0.328 e.